The fraction of sp³-hybridized carbons (Fsp3) is 0.600. The number of esters is 1. The number of carbonyl (C=O) groups excluding carboxylic acids is 2. The molecule has 0 unspecified atom stereocenters. The Kier molecular flexibility index (Phi) is 4.82. The van der Waals surface area contributed by atoms with E-state index in [1.54, 1.807) is 4.90 Å². The van der Waals surface area contributed by atoms with Crippen molar-refractivity contribution in [3.05, 3.63) is 24.0 Å². The van der Waals surface area contributed by atoms with E-state index in [4.69, 9.17) is 4.74 Å². The molecule has 1 saturated carbocycles. The van der Waals surface area contributed by atoms with Crippen molar-refractivity contribution in [2.45, 2.75) is 45.2 Å². The Balaban J connectivity index is 2.20. The summed E-state index contributed by atoms with van der Waals surface area (Å²) in [5, 5.41) is 0. The molecule has 20 heavy (non-hydrogen) atoms. The van der Waals surface area contributed by atoms with E-state index < -0.39 is 0 Å². The lowest BCUT2D eigenvalue weighted by atomic mass is 10.2. The van der Waals surface area contributed by atoms with Gasteiger partial charge in [0.05, 0.1) is 7.11 Å². The average molecular weight is 278 g/mol. The molecule has 1 aromatic rings. The van der Waals surface area contributed by atoms with Crippen LogP contribution in [-0.4, -0.2) is 41.0 Å². The first kappa shape index (κ1) is 14.6. The van der Waals surface area contributed by atoms with E-state index in [0.717, 1.165) is 32.2 Å². The number of nitrogens with zero attached hydrogens (tertiary/aromatic N) is 2. The fourth-order valence-corrected chi connectivity index (χ4v) is 2.82. The predicted octanol–water partition coefficient (Wildman–Crippen LogP) is 2.07. The molecular formula is C15H22N2O3. The van der Waals surface area contributed by atoms with Crippen LogP contribution in [0.5, 0.6) is 0 Å². The molecule has 0 atom stereocenters. The van der Waals surface area contributed by atoms with Crippen molar-refractivity contribution in [2.75, 3.05) is 13.7 Å². The molecule has 5 heteroatoms. The van der Waals surface area contributed by atoms with Crippen molar-refractivity contribution < 1.29 is 14.3 Å². The Morgan fingerprint density at radius 3 is 2.70 bits per heavy atom. The Bertz CT molecular complexity index is 475. The van der Waals surface area contributed by atoms with Crippen LogP contribution >= 0.6 is 0 Å². The first-order valence-corrected chi connectivity index (χ1v) is 7.20. The Hall–Kier alpha value is -1.78. The lowest BCUT2D eigenvalue weighted by Gasteiger charge is -2.28. The molecule has 1 aromatic heterocycles. The number of amides is 1. The van der Waals surface area contributed by atoms with Gasteiger partial charge in [-0.25, -0.2) is 0 Å². The van der Waals surface area contributed by atoms with Gasteiger partial charge in [-0.2, -0.15) is 0 Å². The van der Waals surface area contributed by atoms with Crippen LogP contribution in [0.15, 0.2) is 18.3 Å². The van der Waals surface area contributed by atoms with Gasteiger partial charge in [0.2, 0.25) is 0 Å². The van der Waals surface area contributed by atoms with Crippen molar-refractivity contribution in [2.24, 2.45) is 0 Å². The zero-order valence-electron chi connectivity index (χ0n) is 12.2. The number of hydrogen-bond acceptors (Lipinski definition) is 3. The Morgan fingerprint density at radius 2 is 2.10 bits per heavy atom. The highest BCUT2D eigenvalue weighted by molar-refractivity contribution is 5.95. The lowest BCUT2D eigenvalue weighted by molar-refractivity contribution is -0.141. The van der Waals surface area contributed by atoms with Gasteiger partial charge in [0.15, 0.2) is 0 Å². The molecule has 5 nitrogen and oxygen atoms in total. The van der Waals surface area contributed by atoms with Crippen LogP contribution in [0.3, 0.4) is 0 Å². The van der Waals surface area contributed by atoms with Crippen LogP contribution in [0.4, 0.5) is 0 Å². The summed E-state index contributed by atoms with van der Waals surface area (Å²) in [6.45, 7) is 2.77. The maximum absolute atomic E-state index is 12.7. The topological polar surface area (TPSA) is 51.5 Å². The van der Waals surface area contributed by atoms with Gasteiger partial charge >= 0.3 is 5.97 Å². The summed E-state index contributed by atoms with van der Waals surface area (Å²) >= 11 is 0. The van der Waals surface area contributed by atoms with E-state index in [9.17, 15) is 9.59 Å². The molecular weight excluding hydrogens is 256 g/mol. The molecule has 110 valence electrons. The molecule has 0 aromatic carbocycles. The summed E-state index contributed by atoms with van der Waals surface area (Å²) < 4.78 is 6.63. The number of ether oxygens (including phenoxy) is 1. The van der Waals surface area contributed by atoms with Crippen molar-refractivity contribution in [1.82, 2.24) is 9.47 Å². The Labute approximate surface area is 119 Å². The molecule has 1 amide bonds. The summed E-state index contributed by atoms with van der Waals surface area (Å²) in [4.78, 5) is 26.0. The average Bonchev–Trinajstić information content (AvgIpc) is 3.13. The molecule has 1 fully saturated rings. The normalized spacial score (nSPS) is 15.3. The van der Waals surface area contributed by atoms with Gasteiger partial charge in [0.1, 0.15) is 12.2 Å². The van der Waals surface area contributed by atoms with Gasteiger partial charge in [0.25, 0.3) is 5.91 Å². The monoisotopic (exact) mass is 278 g/mol. The number of hydrogen-bond donors (Lipinski definition) is 0. The first-order valence-electron chi connectivity index (χ1n) is 7.20. The number of rotatable bonds is 5. The van der Waals surface area contributed by atoms with E-state index in [0.29, 0.717) is 5.69 Å². The molecule has 2 rings (SSSR count). The van der Waals surface area contributed by atoms with Crippen molar-refractivity contribution in [1.29, 1.82) is 0 Å². The fourth-order valence-electron chi connectivity index (χ4n) is 2.82. The third-order valence-corrected chi connectivity index (χ3v) is 3.94. The van der Waals surface area contributed by atoms with Gasteiger partial charge < -0.3 is 14.2 Å². The largest absolute Gasteiger partial charge is 0.468 e. The maximum Gasteiger partial charge on any atom is 0.325 e. The molecule has 1 heterocycles. The van der Waals surface area contributed by atoms with Gasteiger partial charge in [-0.15, -0.1) is 0 Å². The summed E-state index contributed by atoms with van der Waals surface area (Å²) in [5.74, 6) is -0.436. The molecule has 1 aliphatic carbocycles. The third kappa shape index (κ3) is 3.03. The van der Waals surface area contributed by atoms with E-state index in [1.807, 2.05) is 29.8 Å². The minimum atomic E-state index is -0.361. The highest BCUT2D eigenvalue weighted by Crippen LogP contribution is 2.25. The second kappa shape index (κ2) is 6.59. The second-order valence-corrected chi connectivity index (χ2v) is 5.13. The van der Waals surface area contributed by atoms with E-state index in [2.05, 4.69) is 0 Å². The molecule has 0 bridgehead atoms. The molecule has 1 aliphatic rings. The zero-order valence-corrected chi connectivity index (χ0v) is 12.2. The summed E-state index contributed by atoms with van der Waals surface area (Å²) in [6, 6.07) is 3.83. The van der Waals surface area contributed by atoms with Crippen LogP contribution in [0, 0.1) is 0 Å². The Morgan fingerprint density at radius 1 is 1.40 bits per heavy atom. The van der Waals surface area contributed by atoms with Gasteiger partial charge in [-0.05, 0) is 31.9 Å². The molecule has 0 saturated heterocycles. The molecule has 0 aliphatic heterocycles. The summed E-state index contributed by atoms with van der Waals surface area (Å²) in [5.41, 5.74) is 0.642. The molecule has 0 N–H and O–H groups in total. The van der Waals surface area contributed by atoms with Crippen LogP contribution in [0.1, 0.15) is 43.1 Å². The minimum absolute atomic E-state index is 0.0366. The second-order valence-electron chi connectivity index (χ2n) is 5.13. The van der Waals surface area contributed by atoms with E-state index >= 15 is 0 Å². The van der Waals surface area contributed by atoms with Crippen LogP contribution in [-0.2, 0) is 16.1 Å². The molecule has 0 spiro atoms. The van der Waals surface area contributed by atoms with Crippen LogP contribution in [0.2, 0.25) is 0 Å². The van der Waals surface area contributed by atoms with Crippen molar-refractivity contribution >= 4 is 11.9 Å². The van der Waals surface area contributed by atoms with Gasteiger partial charge in [-0.3, -0.25) is 9.59 Å². The smallest absolute Gasteiger partial charge is 0.325 e. The predicted molar refractivity (Wildman–Crippen MR) is 75.4 cm³/mol. The highest BCUT2D eigenvalue weighted by atomic mass is 16.5. The van der Waals surface area contributed by atoms with Crippen molar-refractivity contribution in [3.63, 3.8) is 0 Å². The standard InChI is InChI=1S/C15H22N2O3/c1-3-16-10-6-9-13(16)15(19)17(11-14(18)20-2)12-7-4-5-8-12/h6,9-10,12H,3-5,7-8,11H2,1-2H3. The third-order valence-electron chi connectivity index (χ3n) is 3.94. The van der Waals surface area contributed by atoms with Gasteiger partial charge in [-0.1, -0.05) is 12.8 Å². The van der Waals surface area contributed by atoms with E-state index in [1.165, 1.54) is 7.11 Å². The number of carbonyl (C=O) groups is 2. The zero-order chi connectivity index (χ0) is 14.5. The van der Waals surface area contributed by atoms with Crippen LogP contribution in [0.25, 0.3) is 0 Å². The first-order chi connectivity index (χ1) is 9.67. The van der Waals surface area contributed by atoms with Crippen molar-refractivity contribution in [3.8, 4) is 0 Å². The lowest BCUT2D eigenvalue weighted by Crippen LogP contribution is -2.43. The number of methoxy groups -OCH3 is 1. The quantitative estimate of drug-likeness (QED) is 0.775. The summed E-state index contributed by atoms with van der Waals surface area (Å²) in [7, 11) is 1.36. The minimum Gasteiger partial charge on any atom is -0.468 e. The number of aromatic nitrogens is 1. The molecule has 0 radical (unpaired) electrons. The number of aryl methyl sites for hydroxylation is 1. The highest BCUT2D eigenvalue weighted by Gasteiger charge is 2.30. The SMILES string of the molecule is CCn1cccc1C(=O)N(CC(=O)OC)C1CCCC1. The van der Waals surface area contributed by atoms with E-state index in [-0.39, 0.29) is 24.5 Å². The summed E-state index contributed by atoms with van der Waals surface area (Å²) in [6.07, 6.45) is 6.05. The van der Waals surface area contributed by atoms with Gasteiger partial charge in [0, 0.05) is 18.8 Å². The maximum atomic E-state index is 12.7. The van der Waals surface area contributed by atoms with Crippen LogP contribution < -0.4 is 0 Å².